The number of aromatic nitrogens is 3. The molecular formula is C24H29FN4OS. The van der Waals surface area contributed by atoms with E-state index in [2.05, 4.69) is 43.2 Å². The number of anilines is 1. The summed E-state index contributed by atoms with van der Waals surface area (Å²) in [6.45, 7) is 11.0. The van der Waals surface area contributed by atoms with Gasteiger partial charge in [0.1, 0.15) is 5.82 Å². The quantitative estimate of drug-likeness (QED) is 0.443. The molecule has 0 aliphatic rings. The monoisotopic (exact) mass is 440 g/mol. The third-order valence-electron chi connectivity index (χ3n) is 4.90. The Bertz CT molecular complexity index is 1060. The number of thioether (sulfide) groups is 1. The number of nitrogens with one attached hydrogen (secondary N) is 1. The van der Waals surface area contributed by atoms with E-state index in [-0.39, 0.29) is 17.5 Å². The summed E-state index contributed by atoms with van der Waals surface area (Å²) in [6.07, 6.45) is 0. The summed E-state index contributed by atoms with van der Waals surface area (Å²) < 4.78 is 16.2. The van der Waals surface area contributed by atoms with E-state index in [0.717, 1.165) is 16.8 Å². The van der Waals surface area contributed by atoms with Crippen LogP contribution in [0.5, 0.6) is 0 Å². The molecule has 31 heavy (non-hydrogen) atoms. The first-order chi connectivity index (χ1) is 14.8. The first-order valence-corrected chi connectivity index (χ1v) is 11.5. The number of rotatable bonds is 8. The van der Waals surface area contributed by atoms with Gasteiger partial charge in [-0.1, -0.05) is 69.8 Å². The average molecular weight is 441 g/mol. The Balaban J connectivity index is 1.79. The van der Waals surface area contributed by atoms with Crippen LogP contribution in [0, 0.1) is 18.7 Å². The van der Waals surface area contributed by atoms with E-state index < -0.39 is 0 Å². The van der Waals surface area contributed by atoms with Crippen LogP contribution >= 0.6 is 11.8 Å². The highest BCUT2D eigenvalue weighted by atomic mass is 32.2. The second kappa shape index (κ2) is 10.1. The van der Waals surface area contributed by atoms with Crippen molar-refractivity contribution in [2.45, 2.75) is 52.2 Å². The molecule has 164 valence electrons. The average Bonchev–Trinajstić information content (AvgIpc) is 3.09. The minimum absolute atomic E-state index is 0.104. The molecule has 0 spiro atoms. The van der Waals surface area contributed by atoms with Gasteiger partial charge >= 0.3 is 0 Å². The summed E-state index contributed by atoms with van der Waals surface area (Å²) in [6, 6.07) is 12.6. The summed E-state index contributed by atoms with van der Waals surface area (Å²) in [5, 5.41) is 12.2. The lowest BCUT2D eigenvalue weighted by molar-refractivity contribution is -0.113. The molecule has 3 aromatic rings. The molecule has 0 saturated carbocycles. The minimum atomic E-state index is -0.338. The molecule has 1 aromatic heterocycles. The zero-order valence-corrected chi connectivity index (χ0v) is 19.5. The van der Waals surface area contributed by atoms with E-state index >= 15 is 0 Å². The van der Waals surface area contributed by atoms with Gasteiger partial charge in [0.25, 0.3) is 0 Å². The van der Waals surface area contributed by atoms with E-state index in [1.165, 1.54) is 17.8 Å². The number of halogens is 1. The molecule has 0 atom stereocenters. The van der Waals surface area contributed by atoms with Gasteiger partial charge in [0, 0.05) is 12.2 Å². The molecule has 1 N–H and O–H groups in total. The van der Waals surface area contributed by atoms with E-state index in [1.54, 1.807) is 18.2 Å². The molecule has 7 heteroatoms. The Labute approximate surface area is 187 Å². The van der Waals surface area contributed by atoms with Crippen LogP contribution in [-0.4, -0.2) is 26.4 Å². The predicted molar refractivity (Wildman–Crippen MR) is 125 cm³/mol. The van der Waals surface area contributed by atoms with Crippen molar-refractivity contribution < 1.29 is 9.18 Å². The molecule has 0 aliphatic heterocycles. The lowest BCUT2D eigenvalue weighted by Crippen LogP contribution is -2.17. The van der Waals surface area contributed by atoms with Gasteiger partial charge in [-0.25, -0.2) is 4.39 Å². The van der Waals surface area contributed by atoms with Gasteiger partial charge in [-0.3, -0.25) is 4.79 Å². The van der Waals surface area contributed by atoms with Crippen molar-refractivity contribution in [2.75, 3.05) is 11.1 Å². The van der Waals surface area contributed by atoms with Gasteiger partial charge in [0.2, 0.25) is 5.91 Å². The molecular weight excluding hydrogens is 411 g/mol. The lowest BCUT2D eigenvalue weighted by Gasteiger charge is -2.16. The summed E-state index contributed by atoms with van der Waals surface area (Å²) >= 11 is 1.31. The summed E-state index contributed by atoms with van der Waals surface area (Å²) in [5.41, 5.74) is 3.43. The van der Waals surface area contributed by atoms with Crippen LogP contribution in [0.4, 0.5) is 10.1 Å². The molecule has 5 nitrogen and oxygen atoms in total. The number of carbonyl (C=O) groups excluding carboxylic acids is 1. The Hall–Kier alpha value is -2.67. The SMILES string of the molecule is Cc1cccc(C(C)C)c1NC(=O)CSc1nnc(-c2ccccc2F)n1CC(C)C. The van der Waals surface area contributed by atoms with Crippen LogP contribution in [-0.2, 0) is 11.3 Å². The van der Waals surface area contributed by atoms with E-state index in [4.69, 9.17) is 0 Å². The molecule has 1 heterocycles. The highest BCUT2D eigenvalue weighted by Crippen LogP contribution is 2.29. The van der Waals surface area contributed by atoms with Crippen molar-refractivity contribution in [3.8, 4) is 11.4 Å². The van der Waals surface area contributed by atoms with Crippen LogP contribution in [0.15, 0.2) is 47.6 Å². The van der Waals surface area contributed by atoms with E-state index in [0.29, 0.717) is 34.9 Å². The van der Waals surface area contributed by atoms with Crippen LogP contribution in [0.1, 0.15) is 44.7 Å². The maximum absolute atomic E-state index is 14.3. The summed E-state index contributed by atoms with van der Waals surface area (Å²) in [4.78, 5) is 12.7. The summed E-state index contributed by atoms with van der Waals surface area (Å²) in [7, 11) is 0. The third kappa shape index (κ3) is 5.53. The minimum Gasteiger partial charge on any atom is -0.325 e. The normalized spacial score (nSPS) is 11.4. The van der Waals surface area contributed by atoms with Gasteiger partial charge in [0.05, 0.1) is 11.3 Å². The molecule has 0 saturated heterocycles. The number of benzene rings is 2. The van der Waals surface area contributed by atoms with Crippen molar-refractivity contribution in [3.05, 3.63) is 59.4 Å². The third-order valence-corrected chi connectivity index (χ3v) is 5.87. The number of nitrogens with zero attached hydrogens (tertiary/aromatic N) is 3. The Morgan fingerprint density at radius 2 is 1.84 bits per heavy atom. The van der Waals surface area contributed by atoms with Crippen LogP contribution in [0.25, 0.3) is 11.4 Å². The second-order valence-electron chi connectivity index (χ2n) is 8.32. The number of para-hydroxylation sites is 1. The van der Waals surface area contributed by atoms with Crippen molar-refractivity contribution in [1.29, 1.82) is 0 Å². The number of amides is 1. The first-order valence-electron chi connectivity index (χ1n) is 10.5. The van der Waals surface area contributed by atoms with Crippen LogP contribution < -0.4 is 5.32 Å². The maximum Gasteiger partial charge on any atom is 0.234 e. The predicted octanol–water partition coefficient (Wildman–Crippen LogP) is 5.90. The van der Waals surface area contributed by atoms with Crippen LogP contribution in [0.2, 0.25) is 0 Å². The maximum atomic E-state index is 14.3. The zero-order valence-electron chi connectivity index (χ0n) is 18.6. The van der Waals surface area contributed by atoms with Crippen molar-refractivity contribution in [2.24, 2.45) is 5.92 Å². The van der Waals surface area contributed by atoms with Gasteiger partial charge in [-0.05, 0) is 42.0 Å². The van der Waals surface area contributed by atoms with Gasteiger partial charge in [-0.15, -0.1) is 10.2 Å². The number of hydrogen-bond acceptors (Lipinski definition) is 4. The topological polar surface area (TPSA) is 59.8 Å². The Morgan fingerprint density at radius 3 is 2.52 bits per heavy atom. The van der Waals surface area contributed by atoms with Crippen molar-refractivity contribution >= 4 is 23.4 Å². The second-order valence-corrected chi connectivity index (χ2v) is 9.26. The molecule has 0 fully saturated rings. The van der Waals surface area contributed by atoms with Crippen molar-refractivity contribution in [1.82, 2.24) is 14.8 Å². The first kappa shape index (κ1) is 23.0. The standard InChI is InChI=1S/C24H29FN4OS/c1-15(2)13-29-23(19-10-6-7-12-20(19)25)27-28-24(29)31-14-21(30)26-22-17(5)9-8-11-18(22)16(3)4/h6-12,15-16H,13-14H2,1-5H3,(H,26,30). The molecule has 0 unspecified atom stereocenters. The summed E-state index contributed by atoms with van der Waals surface area (Å²) in [5.74, 6) is 0.855. The van der Waals surface area contributed by atoms with Crippen molar-refractivity contribution in [3.63, 3.8) is 0 Å². The van der Waals surface area contributed by atoms with Crippen LogP contribution in [0.3, 0.4) is 0 Å². The smallest absolute Gasteiger partial charge is 0.234 e. The molecule has 1 amide bonds. The molecule has 3 rings (SSSR count). The van der Waals surface area contributed by atoms with E-state index in [9.17, 15) is 9.18 Å². The van der Waals surface area contributed by atoms with Gasteiger partial charge in [-0.2, -0.15) is 0 Å². The molecule has 2 aromatic carbocycles. The molecule has 0 aliphatic carbocycles. The number of aryl methyl sites for hydroxylation is 1. The van der Waals surface area contributed by atoms with E-state index in [1.807, 2.05) is 29.7 Å². The molecule has 0 radical (unpaired) electrons. The lowest BCUT2D eigenvalue weighted by atomic mass is 9.98. The van der Waals surface area contributed by atoms with Gasteiger partial charge < -0.3 is 9.88 Å². The largest absolute Gasteiger partial charge is 0.325 e. The number of hydrogen-bond donors (Lipinski definition) is 1. The number of carbonyl (C=O) groups is 1. The Morgan fingerprint density at radius 1 is 1.10 bits per heavy atom. The Kier molecular flexibility index (Phi) is 7.49. The fraction of sp³-hybridized carbons (Fsp3) is 0.375. The molecule has 0 bridgehead atoms. The highest BCUT2D eigenvalue weighted by molar-refractivity contribution is 7.99. The van der Waals surface area contributed by atoms with Gasteiger partial charge in [0.15, 0.2) is 11.0 Å². The zero-order chi connectivity index (χ0) is 22.5. The highest BCUT2D eigenvalue weighted by Gasteiger charge is 2.19. The fourth-order valence-electron chi connectivity index (χ4n) is 3.41. The fourth-order valence-corrected chi connectivity index (χ4v) is 4.16.